The van der Waals surface area contributed by atoms with Crippen molar-refractivity contribution in [3.63, 3.8) is 0 Å². The Morgan fingerprint density at radius 3 is 1.88 bits per heavy atom. The molecule has 2 aromatic rings. The zero-order valence-electron chi connectivity index (χ0n) is 27.3. The first kappa shape index (κ1) is 31.1. The quantitative estimate of drug-likeness (QED) is 0.338. The van der Waals surface area contributed by atoms with Crippen LogP contribution in [0.25, 0.3) is 11.1 Å². The molecule has 43 heavy (non-hydrogen) atoms. The number of benzene rings is 2. The van der Waals surface area contributed by atoms with Crippen LogP contribution in [0.1, 0.15) is 108 Å². The highest BCUT2D eigenvalue weighted by molar-refractivity contribution is 5.84. The molecule has 0 N–H and O–H groups in total. The van der Waals surface area contributed by atoms with Gasteiger partial charge >= 0.3 is 11.9 Å². The van der Waals surface area contributed by atoms with E-state index < -0.39 is 11.2 Å². The van der Waals surface area contributed by atoms with Crippen molar-refractivity contribution in [2.24, 2.45) is 11.8 Å². The summed E-state index contributed by atoms with van der Waals surface area (Å²) in [5.74, 6) is 0.832. The minimum absolute atomic E-state index is 0.00831. The molecule has 6 rings (SSSR count). The Morgan fingerprint density at radius 2 is 1.30 bits per heavy atom. The zero-order chi connectivity index (χ0) is 31.1. The van der Waals surface area contributed by atoms with Gasteiger partial charge in [-0.05, 0) is 151 Å². The van der Waals surface area contributed by atoms with E-state index in [2.05, 4.69) is 37.3 Å². The number of allylic oxidation sites excluding steroid dienone is 4. The summed E-state index contributed by atoms with van der Waals surface area (Å²) in [7, 11) is 1.70. The molecule has 0 amide bonds. The number of hydrogen-bond acceptors (Lipinski definition) is 5. The van der Waals surface area contributed by atoms with E-state index >= 15 is 0 Å². The molecule has 4 aliphatic carbocycles. The molecular weight excluding hydrogens is 536 g/mol. The number of esters is 2. The largest absolute Gasteiger partial charge is 0.497 e. The van der Waals surface area contributed by atoms with E-state index in [1.54, 1.807) is 12.7 Å². The summed E-state index contributed by atoms with van der Waals surface area (Å²) in [6.07, 6.45) is 7.60. The normalized spacial score (nSPS) is 20.7. The molecule has 0 saturated heterocycles. The molecule has 0 heterocycles. The molecule has 0 saturated carbocycles. The van der Waals surface area contributed by atoms with E-state index in [9.17, 15) is 9.59 Å². The SMILES string of the molecule is COc1ccc2c(c1)CC1=C2CC(C(=O)OC(C)(C)C)CC1.Cc1cccc2c1C1=C(CCC(C(=O)OC(C)(C)C)C1)C2. The van der Waals surface area contributed by atoms with Crippen LogP contribution in [0, 0.1) is 18.8 Å². The highest BCUT2D eigenvalue weighted by atomic mass is 16.6. The van der Waals surface area contributed by atoms with Gasteiger partial charge < -0.3 is 14.2 Å². The van der Waals surface area contributed by atoms with Crippen LogP contribution in [-0.4, -0.2) is 30.3 Å². The van der Waals surface area contributed by atoms with Crippen molar-refractivity contribution in [1.82, 2.24) is 0 Å². The van der Waals surface area contributed by atoms with Crippen molar-refractivity contribution >= 4 is 23.1 Å². The Labute approximate surface area is 257 Å². The van der Waals surface area contributed by atoms with Crippen molar-refractivity contribution in [2.75, 3.05) is 7.11 Å². The summed E-state index contributed by atoms with van der Waals surface area (Å²) < 4.78 is 16.5. The molecule has 0 spiro atoms. The zero-order valence-corrected chi connectivity index (χ0v) is 27.3. The van der Waals surface area contributed by atoms with E-state index in [0.29, 0.717) is 0 Å². The molecule has 0 bridgehead atoms. The minimum atomic E-state index is -0.410. The number of rotatable bonds is 3. The average molecular weight is 585 g/mol. The highest BCUT2D eigenvalue weighted by Gasteiger charge is 2.35. The third-order valence-corrected chi connectivity index (χ3v) is 8.93. The van der Waals surface area contributed by atoms with Crippen molar-refractivity contribution < 1.29 is 23.8 Å². The molecule has 2 aromatic carbocycles. The summed E-state index contributed by atoms with van der Waals surface area (Å²) in [5, 5.41) is 0. The van der Waals surface area contributed by atoms with Gasteiger partial charge in [0.15, 0.2) is 0 Å². The standard InChI is InChI=1S/C19H24O3.C19H24O2/c1-19(2,3)22-18(20)13-6-5-12-9-14-10-15(21-4)7-8-16(14)17(12)11-13;1-12-6-5-7-14-10-13-8-9-15(11-16(13)17(12)14)18(20)21-19(2,3)4/h7-8,10,13H,5-6,9,11H2,1-4H3;5-7,15H,8-11H2,1-4H3. The first-order valence-corrected chi connectivity index (χ1v) is 15.9. The molecular formula is C38H48O5. The Balaban J connectivity index is 0.000000171. The third kappa shape index (κ3) is 7.08. The number of carbonyl (C=O) groups excluding carboxylic acids is 2. The Bertz CT molecular complexity index is 1480. The Morgan fingerprint density at radius 1 is 0.744 bits per heavy atom. The van der Waals surface area contributed by atoms with Crippen LogP contribution in [0.2, 0.25) is 0 Å². The lowest BCUT2D eigenvalue weighted by Crippen LogP contribution is -2.30. The smallest absolute Gasteiger partial charge is 0.309 e. The summed E-state index contributed by atoms with van der Waals surface area (Å²) in [4.78, 5) is 24.7. The minimum Gasteiger partial charge on any atom is -0.497 e. The van der Waals surface area contributed by atoms with Crippen LogP contribution in [0.3, 0.4) is 0 Å². The van der Waals surface area contributed by atoms with Gasteiger partial charge in [-0.15, -0.1) is 0 Å². The lowest BCUT2D eigenvalue weighted by molar-refractivity contribution is -0.161. The van der Waals surface area contributed by atoms with Gasteiger partial charge in [0.25, 0.3) is 0 Å². The number of hydrogen-bond donors (Lipinski definition) is 0. The average Bonchev–Trinajstić information content (AvgIpc) is 3.49. The molecule has 4 aliphatic rings. The molecule has 0 aliphatic heterocycles. The van der Waals surface area contributed by atoms with E-state index in [0.717, 1.165) is 57.1 Å². The molecule has 5 heteroatoms. The number of carbonyl (C=O) groups is 2. The number of fused-ring (bicyclic) bond motifs is 4. The van der Waals surface area contributed by atoms with Crippen LogP contribution in [0.15, 0.2) is 47.5 Å². The van der Waals surface area contributed by atoms with Gasteiger partial charge in [0.1, 0.15) is 17.0 Å². The van der Waals surface area contributed by atoms with Crippen LogP contribution >= 0.6 is 0 Å². The lowest BCUT2D eigenvalue weighted by atomic mass is 9.83. The van der Waals surface area contributed by atoms with Crippen molar-refractivity contribution in [1.29, 1.82) is 0 Å². The third-order valence-electron chi connectivity index (χ3n) is 8.93. The number of aryl methyl sites for hydroxylation is 1. The predicted octanol–water partition coefficient (Wildman–Crippen LogP) is 8.59. The molecule has 0 aromatic heterocycles. The van der Waals surface area contributed by atoms with Crippen molar-refractivity contribution in [2.45, 2.75) is 111 Å². The number of ether oxygens (including phenoxy) is 3. The summed E-state index contributed by atoms with van der Waals surface area (Å²) in [6.45, 7) is 13.8. The number of methoxy groups -OCH3 is 1. The second-order valence-electron chi connectivity index (χ2n) is 14.6. The first-order valence-electron chi connectivity index (χ1n) is 15.9. The van der Waals surface area contributed by atoms with Crippen LogP contribution in [0.5, 0.6) is 5.75 Å². The molecule has 0 fully saturated rings. The fourth-order valence-corrected chi connectivity index (χ4v) is 7.03. The monoisotopic (exact) mass is 584 g/mol. The second-order valence-corrected chi connectivity index (χ2v) is 14.6. The Kier molecular flexibility index (Phi) is 8.66. The maximum atomic E-state index is 12.4. The summed E-state index contributed by atoms with van der Waals surface area (Å²) >= 11 is 0. The summed E-state index contributed by atoms with van der Waals surface area (Å²) in [6, 6.07) is 12.8. The van der Waals surface area contributed by atoms with Gasteiger partial charge in [-0.2, -0.15) is 0 Å². The second kappa shape index (κ2) is 12.0. The lowest BCUT2D eigenvalue weighted by Gasteiger charge is -2.27. The van der Waals surface area contributed by atoms with Gasteiger partial charge in [-0.25, -0.2) is 0 Å². The maximum absolute atomic E-state index is 12.4. The van der Waals surface area contributed by atoms with Gasteiger partial charge in [0.05, 0.1) is 18.9 Å². The fourth-order valence-electron chi connectivity index (χ4n) is 7.03. The van der Waals surface area contributed by atoms with Gasteiger partial charge in [-0.3, -0.25) is 9.59 Å². The van der Waals surface area contributed by atoms with E-state index in [4.69, 9.17) is 14.2 Å². The van der Waals surface area contributed by atoms with Crippen LogP contribution in [0.4, 0.5) is 0 Å². The predicted molar refractivity (Wildman–Crippen MR) is 172 cm³/mol. The molecule has 0 radical (unpaired) electrons. The molecule has 5 nitrogen and oxygen atoms in total. The molecule has 230 valence electrons. The van der Waals surface area contributed by atoms with E-state index in [1.807, 2.05) is 47.6 Å². The van der Waals surface area contributed by atoms with Gasteiger partial charge in [-0.1, -0.05) is 35.4 Å². The van der Waals surface area contributed by atoms with E-state index in [1.165, 1.54) is 44.5 Å². The highest BCUT2D eigenvalue weighted by Crippen LogP contribution is 2.46. The summed E-state index contributed by atoms with van der Waals surface area (Å²) in [5.41, 5.74) is 11.8. The van der Waals surface area contributed by atoms with Crippen LogP contribution in [-0.2, 0) is 31.9 Å². The van der Waals surface area contributed by atoms with Gasteiger partial charge in [0, 0.05) is 0 Å². The maximum Gasteiger partial charge on any atom is 0.309 e. The fraction of sp³-hybridized carbons (Fsp3) is 0.526. The van der Waals surface area contributed by atoms with Crippen molar-refractivity contribution in [3.05, 3.63) is 75.4 Å². The van der Waals surface area contributed by atoms with Crippen molar-refractivity contribution in [3.8, 4) is 5.75 Å². The molecule has 2 unspecified atom stereocenters. The van der Waals surface area contributed by atoms with Crippen LogP contribution < -0.4 is 4.74 Å². The van der Waals surface area contributed by atoms with E-state index in [-0.39, 0.29) is 23.8 Å². The molecule has 2 atom stereocenters. The first-order chi connectivity index (χ1) is 20.2. The Hall–Kier alpha value is -3.34. The topological polar surface area (TPSA) is 61.8 Å². The van der Waals surface area contributed by atoms with Gasteiger partial charge in [0.2, 0.25) is 0 Å².